The molecule has 1 aromatic carbocycles. The third-order valence-corrected chi connectivity index (χ3v) is 7.65. The van der Waals surface area contributed by atoms with Crippen molar-refractivity contribution in [2.24, 2.45) is 7.05 Å². The second-order valence-electron chi connectivity index (χ2n) is 9.01. The van der Waals surface area contributed by atoms with Crippen LogP contribution in [-0.4, -0.2) is 30.1 Å². The van der Waals surface area contributed by atoms with E-state index in [2.05, 4.69) is 11.9 Å². The molecule has 0 unspecified atom stereocenters. The normalized spacial score (nSPS) is 14.4. The Hall–Kier alpha value is -3.68. The fourth-order valence-corrected chi connectivity index (χ4v) is 4.84. The Morgan fingerprint density at radius 3 is 2.55 bits per heavy atom. The Morgan fingerprint density at radius 2 is 1.88 bits per heavy atom. The second kappa shape index (κ2) is 14.6. The summed E-state index contributed by atoms with van der Waals surface area (Å²) in [7, 11) is 3.49. The summed E-state index contributed by atoms with van der Waals surface area (Å²) in [6.07, 6.45) is 13.5. The topological polar surface area (TPSA) is 69.6 Å². The van der Waals surface area contributed by atoms with Gasteiger partial charge < -0.3 is 19.4 Å². The molecule has 0 fully saturated rings. The molecule has 2 aromatic rings. The summed E-state index contributed by atoms with van der Waals surface area (Å²) in [6, 6.07) is 7.66. The molecule has 8 heteroatoms. The smallest absolute Gasteiger partial charge is 0.283 e. The van der Waals surface area contributed by atoms with Crippen LogP contribution in [0.25, 0.3) is 23.8 Å². The fourth-order valence-electron chi connectivity index (χ4n) is 4.04. The van der Waals surface area contributed by atoms with Gasteiger partial charge in [-0.25, -0.2) is 0 Å². The molecule has 1 heterocycles. The molecule has 0 atom stereocenters. The summed E-state index contributed by atoms with van der Waals surface area (Å²) in [6.45, 7) is 10.4. The number of halogens is 1. The monoisotopic (exact) mass is 578 g/mol. The van der Waals surface area contributed by atoms with E-state index in [9.17, 15) is 9.59 Å². The maximum atomic E-state index is 13.6. The molecule has 1 aromatic heterocycles. The largest absolute Gasteiger partial charge is 0.490 e. The van der Waals surface area contributed by atoms with E-state index in [0.717, 1.165) is 21.6 Å². The number of allylic oxidation sites excluding steroid dienone is 10. The Bertz CT molecular complexity index is 1580. The molecule has 6 nitrogen and oxygen atoms in total. The zero-order valence-electron chi connectivity index (χ0n) is 23.5. The number of carbonyl (C=O) groups excluding carboxylic acids is 1. The summed E-state index contributed by atoms with van der Waals surface area (Å²) >= 11 is 7.37. The van der Waals surface area contributed by atoms with Crippen LogP contribution in [0.1, 0.15) is 38.4 Å². The molecule has 1 aliphatic carbocycles. The van der Waals surface area contributed by atoms with Crippen LogP contribution >= 0.6 is 23.4 Å². The van der Waals surface area contributed by atoms with Gasteiger partial charge in [-0.2, -0.15) is 0 Å². The molecule has 3 rings (SSSR count). The number of rotatable bonds is 9. The van der Waals surface area contributed by atoms with Crippen molar-refractivity contribution < 1.29 is 14.3 Å². The average Bonchev–Trinajstić information content (AvgIpc) is 3.17. The van der Waals surface area contributed by atoms with Crippen LogP contribution in [0.4, 0.5) is 4.79 Å². The first kappa shape index (κ1) is 30.9. The Morgan fingerprint density at radius 1 is 1.18 bits per heavy atom. The predicted octanol–water partition coefficient (Wildman–Crippen LogP) is 5.90. The molecule has 0 spiro atoms. The van der Waals surface area contributed by atoms with Crippen molar-refractivity contribution in [2.75, 3.05) is 20.3 Å². The van der Waals surface area contributed by atoms with Gasteiger partial charge in [0.1, 0.15) is 19.0 Å². The number of thioether (sulfide) groups is 1. The lowest BCUT2D eigenvalue weighted by Crippen LogP contribution is -2.45. The van der Waals surface area contributed by atoms with Crippen molar-refractivity contribution in [1.29, 1.82) is 0 Å². The number of nitrogens with one attached hydrogen (secondary N) is 1. The number of ether oxygens (including phenoxy) is 2. The van der Waals surface area contributed by atoms with Gasteiger partial charge in [-0.3, -0.25) is 9.59 Å². The lowest BCUT2D eigenvalue weighted by molar-refractivity contribution is 0.214. The van der Waals surface area contributed by atoms with Gasteiger partial charge in [0.25, 0.3) is 5.24 Å². The van der Waals surface area contributed by atoms with Crippen molar-refractivity contribution >= 4 is 52.4 Å². The van der Waals surface area contributed by atoms with Crippen LogP contribution in [-0.2, 0) is 7.05 Å². The van der Waals surface area contributed by atoms with E-state index in [4.69, 9.17) is 21.1 Å². The lowest BCUT2D eigenvalue weighted by atomic mass is 10.1. The molecule has 1 amide bonds. The number of amides is 1. The van der Waals surface area contributed by atoms with Gasteiger partial charge in [0.15, 0.2) is 5.75 Å². The van der Waals surface area contributed by atoms with E-state index in [1.165, 1.54) is 11.8 Å². The molecule has 0 radical (unpaired) electrons. The van der Waals surface area contributed by atoms with E-state index in [0.29, 0.717) is 33.5 Å². The van der Waals surface area contributed by atoms with Crippen molar-refractivity contribution in [1.82, 2.24) is 9.88 Å². The molecule has 0 aliphatic heterocycles. The zero-order valence-corrected chi connectivity index (χ0v) is 25.1. The van der Waals surface area contributed by atoms with Crippen LogP contribution in [0, 0.1) is 0 Å². The molecular weight excluding hydrogens is 544 g/mol. The molecule has 0 saturated heterocycles. The van der Waals surface area contributed by atoms with Crippen molar-refractivity contribution in [3.05, 3.63) is 103 Å². The number of benzene rings is 1. The maximum absolute atomic E-state index is 13.6. The van der Waals surface area contributed by atoms with Crippen LogP contribution < -0.4 is 30.8 Å². The van der Waals surface area contributed by atoms with Gasteiger partial charge in [0, 0.05) is 29.7 Å². The number of aromatic nitrogens is 1. The van der Waals surface area contributed by atoms with E-state index >= 15 is 0 Å². The van der Waals surface area contributed by atoms with Gasteiger partial charge in [-0.1, -0.05) is 54.6 Å². The van der Waals surface area contributed by atoms with Gasteiger partial charge >= 0.3 is 0 Å². The Kier molecular flexibility index (Phi) is 11.3. The summed E-state index contributed by atoms with van der Waals surface area (Å²) in [5, 5.41) is 4.20. The van der Waals surface area contributed by atoms with E-state index in [1.807, 2.05) is 87.0 Å². The molecule has 0 saturated carbocycles. The average molecular weight is 579 g/mol. The molecule has 1 N–H and O–H groups in total. The summed E-state index contributed by atoms with van der Waals surface area (Å²) in [5.41, 5.74) is 3.36. The minimum atomic E-state index is -0.225. The Labute approximate surface area is 244 Å². The lowest BCUT2D eigenvalue weighted by Gasteiger charge is -2.18. The number of hydrogen-bond donors (Lipinski definition) is 1. The van der Waals surface area contributed by atoms with Crippen molar-refractivity contribution in [3.63, 3.8) is 0 Å². The highest BCUT2D eigenvalue weighted by atomic mass is 35.5. The highest BCUT2D eigenvalue weighted by Gasteiger charge is 2.18. The van der Waals surface area contributed by atoms with Crippen molar-refractivity contribution in [2.45, 2.75) is 27.2 Å². The van der Waals surface area contributed by atoms with Gasteiger partial charge in [-0.05, 0) is 90.9 Å². The number of hydrogen-bond acceptors (Lipinski definition) is 5. The summed E-state index contributed by atoms with van der Waals surface area (Å²) in [4.78, 5) is 26.2. The number of carbonyl (C=O) groups is 1. The minimum absolute atomic E-state index is 0.0986. The highest BCUT2D eigenvalue weighted by molar-refractivity contribution is 8.17. The first-order valence-corrected chi connectivity index (χ1v) is 14.1. The van der Waals surface area contributed by atoms with Gasteiger partial charge in [0.2, 0.25) is 5.43 Å². The molecule has 210 valence electrons. The quantitative estimate of drug-likeness (QED) is 0.375. The van der Waals surface area contributed by atoms with Crippen LogP contribution in [0.15, 0.2) is 75.5 Å². The van der Waals surface area contributed by atoms with Crippen LogP contribution in [0.3, 0.4) is 0 Å². The van der Waals surface area contributed by atoms with E-state index in [-0.39, 0.29) is 29.6 Å². The van der Waals surface area contributed by atoms with Crippen LogP contribution in [0.5, 0.6) is 11.5 Å². The first-order chi connectivity index (χ1) is 19.2. The minimum Gasteiger partial charge on any atom is -0.490 e. The first-order valence-electron chi connectivity index (χ1n) is 12.9. The predicted molar refractivity (Wildman–Crippen MR) is 169 cm³/mol. The Balaban J connectivity index is 1.82. The SMILES string of the molecule is C=c1/c(=C\C=C/C)c(=O)c(OCCOc2ccc(/C(C)=C(\C)SC(=O)NC)cc2)c(C2=CC=C(Cl)C=CC2)n1C. The zero-order chi connectivity index (χ0) is 29.2. The van der Waals surface area contributed by atoms with Gasteiger partial charge in [0.05, 0.1) is 5.69 Å². The number of pyridine rings is 1. The third-order valence-electron chi connectivity index (χ3n) is 6.40. The van der Waals surface area contributed by atoms with Gasteiger partial charge in [-0.15, -0.1) is 0 Å². The highest BCUT2D eigenvalue weighted by Crippen LogP contribution is 2.29. The molecule has 40 heavy (non-hydrogen) atoms. The number of nitrogens with zero attached hydrogens (tertiary/aromatic N) is 1. The summed E-state index contributed by atoms with van der Waals surface area (Å²) < 4.78 is 13.9. The second-order valence-corrected chi connectivity index (χ2v) is 10.6. The summed E-state index contributed by atoms with van der Waals surface area (Å²) in [5.74, 6) is 0.928. The van der Waals surface area contributed by atoms with Crippen molar-refractivity contribution in [3.8, 4) is 11.5 Å². The fraction of sp³-hybridized carbons (Fsp3) is 0.250. The maximum Gasteiger partial charge on any atom is 0.283 e. The van der Waals surface area contributed by atoms with E-state index < -0.39 is 0 Å². The standard InChI is InChI=1S/C32H35ClN2O4S/c1-7-8-12-28-22(3)35(6)29(25-10-9-11-26(33)16-13-25)31(30(28)36)39-20-19-38-27-17-14-24(15-18-27)21(2)23(4)40-32(37)34-5/h7-9,11-18H,3,10,19-20H2,1-2,4-6H3,(H,34,37)/b8-7-,23-21+,28-12+. The third kappa shape index (κ3) is 7.71. The molecule has 1 aliphatic rings. The van der Waals surface area contributed by atoms with E-state index in [1.54, 1.807) is 19.2 Å². The van der Waals surface area contributed by atoms with Crippen LogP contribution in [0.2, 0.25) is 0 Å². The molecular formula is C32H35ClN2O4S. The molecule has 0 bridgehead atoms.